The summed E-state index contributed by atoms with van der Waals surface area (Å²) in [6, 6.07) is 19.3. The summed E-state index contributed by atoms with van der Waals surface area (Å²) in [6.45, 7) is 5.11. The summed E-state index contributed by atoms with van der Waals surface area (Å²) in [5, 5.41) is 3.10. The molecule has 26 heavy (non-hydrogen) atoms. The smallest absolute Gasteiger partial charge is 0.220 e. The molecule has 0 aliphatic carbocycles. The van der Waals surface area contributed by atoms with Gasteiger partial charge in [-0.15, -0.1) is 0 Å². The van der Waals surface area contributed by atoms with Gasteiger partial charge in [0.05, 0.1) is 0 Å². The lowest BCUT2D eigenvalue weighted by atomic mass is 10.0. The predicted molar refractivity (Wildman–Crippen MR) is 107 cm³/mol. The van der Waals surface area contributed by atoms with E-state index < -0.39 is 0 Å². The lowest BCUT2D eigenvalue weighted by Gasteiger charge is -2.33. The number of benzene rings is 2. The van der Waals surface area contributed by atoms with E-state index in [1.165, 1.54) is 42.5 Å². The number of aryl methyl sites for hydroxylation is 1. The number of rotatable bonds is 7. The van der Waals surface area contributed by atoms with Crippen LogP contribution in [-0.2, 0) is 24.3 Å². The summed E-state index contributed by atoms with van der Waals surface area (Å²) in [6.07, 6.45) is 5.26. The van der Waals surface area contributed by atoms with E-state index in [-0.39, 0.29) is 5.91 Å². The number of carbonyl (C=O) groups is 1. The minimum Gasteiger partial charge on any atom is -0.352 e. The van der Waals surface area contributed by atoms with Gasteiger partial charge in [-0.3, -0.25) is 9.69 Å². The zero-order valence-electron chi connectivity index (χ0n) is 15.8. The molecule has 0 bridgehead atoms. The van der Waals surface area contributed by atoms with Crippen LogP contribution < -0.4 is 5.32 Å². The van der Waals surface area contributed by atoms with E-state index in [1.54, 1.807) is 0 Å². The summed E-state index contributed by atoms with van der Waals surface area (Å²) >= 11 is 0. The van der Waals surface area contributed by atoms with Gasteiger partial charge in [-0.2, -0.15) is 0 Å². The number of hydrogen-bond donors (Lipinski definition) is 1. The van der Waals surface area contributed by atoms with Crippen LogP contribution in [0.15, 0.2) is 54.6 Å². The van der Waals surface area contributed by atoms with Crippen molar-refractivity contribution in [3.8, 4) is 0 Å². The summed E-state index contributed by atoms with van der Waals surface area (Å²) in [5.74, 6) is 0.120. The first-order valence-corrected chi connectivity index (χ1v) is 9.84. The Morgan fingerprint density at radius 1 is 1.04 bits per heavy atom. The van der Waals surface area contributed by atoms with Crippen LogP contribution >= 0.6 is 0 Å². The molecule has 3 nitrogen and oxygen atoms in total. The first kappa shape index (κ1) is 18.7. The topological polar surface area (TPSA) is 32.3 Å². The Morgan fingerprint density at radius 3 is 2.54 bits per heavy atom. The number of nitrogens with one attached hydrogen (secondary N) is 1. The first-order valence-electron chi connectivity index (χ1n) is 9.84. The van der Waals surface area contributed by atoms with Crippen molar-refractivity contribution in [3.05, 3.63) is 71.3 Å². The van der Waals surface area contributed by atoms with Gasteiger partial charge in [0.25, 0.3) is 0 Å². The second kappa shape index (κ2) is 9.54. The van der Waals surface area contributed by atoms with E-state index in [9.17, 15) is 4.79 Å². The number of nitrogens with zero attached hydrogens (tertiary/aromatic N) is 1. The molecule has 2 aromatic rings. The number of amides is 1. The van der Waals surface area contributed by atoms with Crippen LogP contribution in [0.25, 0.3) is 0 Å². The highest BCUT2D eigenvalue weighted by atomic mass is 16.1. The minimum atomic E-state index is 0.120. The van der Waals surface area contributed by atoms with Gasteiger partial charge in [0.1, 0.15) is 0 Å². The zero-order chi connectivity index (χ0) is 18.2. The Hall–Kier alpha value is -2.13. The van der Waals surface area contributed by atoms with Gasteiger partial charge in [-0.25, -0.2) is 0 Å². The van der Waals surface area contributed by atoms with Gasteiger partial charge in [0.15, 0.2) is 0 Å². The highest BCUT2D eigenvalue weighted by Gasteiger charge is 2.19. The van der Waals surface area contributed by atoms with Gasteiger partial charge in [-0.1, -0.05) is 61.0 Å². The van der Waals surface area contributed by atoms with E-state index in [4.69, 9.17) is 0 Å². The molecule has 1 heterocycles. The zero-order valence-corrected chi connectivity index (χ0v) is 15.8. The number of likely N-dealkylation sites (tertiary alicyclic amines) is 1. The third-order valence-corrected chi connectivity index (χ3v) is 5.39. The van der Waals surface area contributed by atoms with Crippen molar-refractivity contribution >= 4 is 5.91 Å². The van der Waals surface area contributed by atoms with Crippen LogP contribution in [0.4, 0.5) is 0 Å². The molecule has 3 heteroatoms. The second-order valence-corrected chi connectivity index (χ2v) is 7.35. The normalized spacial score (nSPS) is 17.8. The van der Waals surface area contributed by atoms with Crippen LogP contribution in [0.1, 0.15) is 49.3 Å². The highest BCUT2D eigenvalue weighted by molar-refractivity contribution is 5.76. The van der Waals surface area contributed by atoms with Crippen LogP contribution in [0, 0.1) is 0 Å². The molecular weight excluding hydrogens is 320 g/mol. The van der Waals surface area contributed by atoms with Crippen molar-refractivity contribution in [3.63, 3.8) is 0 Å². The Balaban J connectivity index is 1.52. The SMILES string of the molecule is CC1CCCCN1Cc1ccccc1CNC(=O)CCc1ccccc1. The van der Waals surface area contributed by atoms with E-state index >= 15 is 0 Å². The highest BCUT2D eigenvalue weighted by Crippen LogP contribution is 2.20. The molecule has 1 aliphatic heterocycles. The molecule has 2 aromatic carbocycles. The van der Waals surface area contributed by atoms with E-state index in [1.807, 2.05) is 18.2 Å². The molecule has 0 radical (unpaired) electrons. The van der Waals surface area contributed by atoms with Crippen molar-refractivity contribution in [1.82, 2.24) is 10.2 Å². The molecular formula is C23H30N2O. The van der Waals surface area contributed by atoms with Gasteiger partial charge in [0, 0.05) is 25.6 Å². The Labute approximate surface area is 157 Å². The number of piperidine rings is 1. The number of hydrogen-bond acceptors (Lipinski definition) is 2. The third-order valence-electron chi connectivity index (χ3n) is 5.39. The maximum absolute atomic E-state index is 12.2. The Kier molecular flexibility index (Phi) is 6.84. The summed E-state index contributed by atoms with van der Waals surface area (Å²) in [5.41, 5.74) is 3.78. The van der Waals surface area contributed by atoms with Crippen molar-refractivity contribution in [2.45, 2.75) is 58.2 Å². The van der Waals surface area contributed by atoms with Crippen LogP contribution in [-0.4, -0.2) is 23.4 Å². The molecule has 1 aliphatic rings. The van der Waals surface area contributed by atoms with Crippen molar-refractivity contribution in [2.24, 2.45) is 0 Å². The Bertz CT molecular complexity index is 698. The molecule has 1 saturated heterocycles. The third kappa shape index (κ3) is 5.43. The van der Waals surface area contributed by atoms with Gasteiger partial charge in [-0.05, 0) is 49.4 Å². The molecule has 1 fully saturated rings. The maximum atomic E-state index is 12.2. The van der Waals surface area contributed by atoms with Crippen molar-refractivity contribution in [1.29, 1.82) is 0 Å². The standard InChI is InChI=1S/C23H30N2O/c1-19-9-7-8-16-25(19)18-22-13-6-5-12-21(22)17-24-23(26)15-14-20-10-3-2-4-11-20/h2-6,10-13,19H,7-9,14-18H2,1H3,(H,24,26). The quantitative estimate of drug-likeness (QED) is 0.807. The average molecular weight is 351 g/mol. The molecule has 1 unspecified atom stereocenters. The lowest BCUT2D eigenvalue weighted by molar-refractivity contribution is -0.121. The van der Waals surface area contributed by atoms with Crippen molar-refractivity contribution < 1.29 is 4.79 Å². The van der Waals surface area contributed by atoms with Crippen LogP contribution in [0.3, 0.4) is 0 Å². The fourth-order valence-corrected chi connectivity index (χ4v) is 3.68. The maximum Gasteiger partial charge on any atom is 0.220 e. The van der Waals surface area contributed by atoms with Crippen LogP contribution in [0.5, 0.6) is 0 Å². The monoisotopic (exact) mass is 350 g/mol. The second-order valence-electron chi connectivity index (χ2n) is 7.35. The van der Waals surface area contributed by atoms with Crippen molar-refractivity contribution in [2.75, 3.05) is 6.54 Å². The largest absolute Gasteiger partial charge is 0.352 e. The Morgan fingerprint density at radius 2 is 1.77 bits per heavy atom. The first-order chi connectivity index (χ1) is 12.7. The minimum absolute atomic E-state index is 0.120. The molecule has 138 valence electrons. The molecule has 0 saturated carbocycles. The fraction of sp³-hybridized carbons (Fsp3) is 0.435. The average Bonchev–Trinajstić information content (AvgIpc) is 2.68. The van der Waals surface area contributed by atoms with E-state index in [2.05, 4.69) is 53.5 Å². The van der Waals surface area contributed by atoms with E-state index in [0.29, 0.717) is 19.0 Å². The fourth-order valence-electron chi connectivity index (χ4n) is 3.68. The summed E-state index contributed by atoms with van der Waals surface area (Å²) in [4.78, 5) is 14.8. The summed E-state index contributed by atoms with van der Waals surface area (Å²) in [7, 11) is 0. The molecule has 0 aromatic heterocycles. The summed E-state index contributed by atoms with van der Waals surface area (Å²) < 4.78 is 0. The van der Waals surface area contributed by atoms with Gasteiger partial charge in [0.2, 0.25) is 5.91 Å². The molecule has 1 N–H and O–H groups in total. The van der Waals surface area contributed by atoms with Gasteiger partial charge < -0.3 is 5.32 Å². The van der Waals surface area contributed by atoms with Crippen LogP contribution in [0.2, 0.25) is 0 Å². The molecule has 1 amide bonds. The molecule has 0 spiro atoms. The van der Waals surface area contributed by atoms with Gasteiger partial charge >= 0.3 is 0 Å². The molecule has 3 rings (SSSR count). The molecule has 1 atom stereocenters. The number of carbonyl (C=O) groups excluding carboxylic acids is 1. The predicted octanol–water partition coefficient (Wildman–Crippen LogP) is 4.31. The van der Waals surface area contributed by atoms with E-state index in [0.717, 1.165) is 13.0 Å². The lowest BCUT2D eigenvalue weighted by Crippen LogP contribution is -2.37.